The van der Waals surface area contributed by atoms with E-state index in [0.29, 0.717) is 0 Å². The van der Waals surface area contributed by atoms with Gasteiger partial charge in [0.25, 0.3) is 0 Å². The molecule has 0 aromatic carbocycles. The molecule has 0 rings (SSSR count). The highest BCUT2D eigenvalue weighted by Gasteiger charge is 2.32. The number of Topliss-reactive ketones (excluding diaryl/α,β-unsaturated/α-hetero) is 1. The maximum absolute atomic E-state index is 10.5. The van der Waals surface area contributed by atoms with Crippen LogP contribution in [0.2, 0.25) is 0 Å². The number of hydrogen-bond donors (Lipinski definition) is 5. The van der Waals surface area contributed by atoms with Gasteiger partial charge in [0.05, 0.1) is 6.61 Å². The van der Waals surface area contributed by atoms with Crippen LogP contribution in [0.25, 0.3) is 0 Å². The van der Waals surface area contributed by atoms with E-state index < -0.39 is 36.8 Å². The van der Waals surface area contributed by atoms with Crippen molar-refractivity contribution in [2.45, 2.75) is 31.3 Å². The minimum absolute atomic E-state index is 0.725. The van der Waals surface area contributed by atoms with Crippen LogP contribution >= 0.6 is 0 Å². The van der Waals surface area contributed by atoms with Crippen molar-refractivity contribution in [1.82, 2.24) is 0 Å². The summed E-state index contributed by atoms with van der Waals surface area (Å²) in [4.78, 5) is 10.5. The summed E-state index contributed by atoms with van der Waals surface area (Å²) in [6.07, 6.45) is -6.87. The molecule has 13 heavy (non-hydrogen) atoms. The summed E-state index contributed by atoms with van der Waals surface area (Å²) in [7, 11) is 0. The van der Waals surface area contributed by atoms with Crippen molar-refractivity contribution < 1.29 is 30.3 Å². The normalized spacial score (nSPS) is 20.5. The zero-order valence-corrected chi connectivity index (χ0v) is 7.16. The predicted octanol–water partition coefficient (Wildman–Crippen LogP) is -2.99. The first-order valence-corrected chi connectivity index (χ1v) is 3.75. The van der Waals surface area contributed by atoms with E-state index in [9.17, 15) is 4.79 Å². The number of ketones is 1. The predicted molar refractivity (Wildman–Crippen MR) is 41.8 cm³/mol. The first-order valence-electron chi connectivity index (χ1n) is 3.75. The highest BCUT2D eigenvalue weighted by molar-refractivity contribution is 5.80. The van der Waals surface area contributed by atoms with Crippen molar-refractivity contribution in [2.75, 3.05) is 6.61 Å². The summed E-state index contributed by atoms with van der Waals surface area (Å²) in [6.45, 7) is 0.273. The van der Waals surface area contributed by atoms with Crippen molar-refractivity contribution in [2.24, 2.45) is 0 Å². The van der Waals surface area contributed by atoms with Crippen LogP contribution < -0.4 is 0 Å². The molecule has 0 aromatic rings. The Hall–Kier alpha value is -0.530. The van der Waals surface area contributed by atoms with E-state index in [1.54, 1.807) is 0 Å². The third kappa shape index (κ3) is 3.37. The van der Waals surface area contributed by atoms with E-state index in [-0.39, 0.29) is 0 Å². The Morgan fingerprint density at radius 2 is 1.62 bits per heavy atom. The van der Waals surface area contributed by atoms with Gasteiger partial charge in [-0.1, -0.05) is 0 Å². The van der Waals surface area contributed by atoms with E-state index in [1.807, 2.05) is 0 Å². The van der Waals surface area contributed by atoms with Gasteiger partial charge >= 0.3 is 0 Å². The van der Waals surface area contributed by atoms with Gasteiger partial charge in [-0.05, 0) is 6.92 Å². The average molecular weight is 194 g/mol. The van der Waals surface area contributed by atoms with Crippen LogP contribution in [0.15, 0.2) is 0 Å². The number of aliphatic hydroxyl groups is 5. The molecular weight excluding hydrogens is 180 g/mol. The second kappa shape index (κ2) is 5.25. The van der Waals surface area contributed by atoms with Crippen molar-refractivity contribution in [3.8, 4) is 0 Å². The average Bonchev–Trinajstić information content (AvgIpc) is 2.12. The SMILES string of the molecule is CC(=O)C(O)C(O)C(O)C(O)CO. The van der Waals surface area contributed by atoms with E-state index in [4.69, 9.17) is 25.5 Å². The molecule has 5 N–H and O–H groups in total. The lowest BCUT2D eigenvalue weighted by molar-refractivity contribution is -0.145. The molecule has 0 radical (unpaired) electrons. The molecule has 0 aromatic heterocycles. The Balaban J connectivity index is 4.24. The Labute approximate surface area is 75.1 Å². The molecule has 0 saturated carbocycles. The minimum Gasteiger partial charge on any atom is -0.394 e. The number of aliphatic hydroxyl groups excluding tert-OH is 5. The van der Waals surface area contributed by atoms with Crippen molar-refractivity contribution in [3.05, 3.63) is 0 Å². The summed E-state index contributed by atoms with van der Waals surface area (Å²) >= 11 is 0. The topological polar surface area (TPSA) is 118 Å². The van der Waals surface area contributed by atoms with Crippen molar-refractivity contribution in [3.63, 3.8) is 0 Å². The van der Waals surface area contributed by atoms with Gasteiger partial charge < -0.3 is 25.5 Å². The largest absolute Gasteiger partial charge is 0.394 e. The summed E-state index contributed by atoms with van der Waals surface area (Å²) in [5, 5.41) is 44.3. The van der Waals surface area contributed by atoms with Crippen molar-refractivity contribution >= 4 is 5.78 Å². The Morgan fingerprint density at radius 3 is 1.92 bits per heavy atom. The van der Waals surface area contributed by atoms with E-state index >= 15 is 0 Å². The maximum atomic E-state index is 10.5. The first kappa shape index (κ1) is 12.5. The Kier molecular flexibility index (Phi) is 5.04. The molecule has 0 amide bonds. The van der Waals surface area contributed by atoms with Gasteiger partial charge in [0.15, 0.2) is 5.78 Å². The molecule has 0 aliphatic heterocycles. The summed E-state index contributed by atoms with van der Waals surface area (Å²) < 4.78 is 0. The van der Waals surface area contributed by atoms with Gasteiger partial charge in [0.1, 0.15) is 24.4 Å². The van der Waals surface area contributed by atoms with Crippen LogP contribution in [-0.4, -0.2) is 62.3 Å². The first-order chi connectivity index (χ1) is 5.91. The van der Waals surface area contributed by atoms with Gasteiger partial charge in [-0.3, -0.25) is 4.79 Å². The molecule has 4 atom stereocenters. The van der Waals surface area contributed by atoms with E-state index in [2.05, 4.69) is 0 Å². The molecule has 6 heteroatoms. The van der Waals surface area contributed by atoms with Crippen LogP contribution in [0.4, 0.5) is 0 Å². The second-order valence-corrected chi connectivity index (χ2v) is 2.79. The Morgan fingerprint density at radius 1 is 1.15 bits per heavy atom. The van der Waals surface area contributed by atoms with Crippen LogP contribution in [0.1, 0.15) is 6.92 Å². The fraction of sp³-hybridized carbons (Fsp3) is 0.857. The molecule has 78 valence electrons. The van der Waals surface area contributed by atoms with Crippen LogP contribution in [0.3, 0.4) is 0 Å². The lowest BCUT2D eigenvalue weighted by Gasteiger charge is -2.23. The quantitative estimate of drug-likeness (QED) is 0.318. The lowest BCUT2D eigenvalue weighted by Crippen LogP contribution is -2.48. The smallest absolute Gasteiger partial charge is 0.160 e. The van der Waals surface area contributed by atoms with Crippen LogP contribution in [-0.2, 0) is 4.79 Å². The highest BCUT2D eigenvalue weighted by Crippen LogP contribution is 2.05. The monoisotopic (exact) mass is 194 g/mol. The van der Waals surface area contributed by atoms with Crippen molar-refractivity contribution in [1.29, 1.82) is 0 Å². The number of hydrogen-bond acceptors (Lipinski definition) is 6. The zero-order valence-electron chi connectivity index (χ0n) is 7.16. The number of carbonyl (C=O) groups excluding carboxylic acids is 1. The molecule has 0 aliphatic rings. The van der Waals surface area contributed by atoms with Gasteiger partial charge in [0.2, 0.25) is 0 Å². The third-order valence-corrected chi connectivity index (χ3v) is 1.67. The molecule has 4 unspecified atom stereocenters. The lowest BCUT2D eigenvalue weighted by atomic mass is 10.0. The third-order valence-electron chi connectivity index (χ3n) is 1.67. The van der Waals surface area contributed by atoms with Gasteiger partial charge in [-0.15, -0.1) is 0 Å². The zero-order chi connectivity index (χ0) is 10.6. The summed E-state index contributed by atoms with van der Waals surface area (Å²) in [6, 6.07) is 0. The number of carbonyl (C=O) groups is 1. The van der Waals surface area contributed by atoms with E-state index in [0.717, 1.165) is 6.92 Å². The Bertz CT molecular complexity index is 170. The fourth-order valence-corrected chi connectivity index (χ4v) is 0.763. The van der Waals surface area contributed by atoms with Crippen LogP contribution in [0.5, 0.6) is 0 Å². The van der Waals surface area contributed by atoms with Gasteiger partial charge in [0, 0.05) is 0 Å². The molecule has 0 aliphatic carbocycles. The molecule has 0 saturated heterocycles. The molecule has 0 heterocycles. The maximum Gasteiger partial charge on any atom is 0.160 e. The summed E-state index contributed by atoms with van der Waals surface area (Å²) in [5.74, 6) is -0.725. The minimum atomic E-state index is -1.79. The molecular formula is C7H14O6. The second-order valence-electron chi connectivity index (χ2n) is 2.79. The molecule has 0 fully saturated rings. The fourth-order valence-electron chi connectivity index (χ4n) is 0.763. The summed E-state index contributed by atoms with van der Waals surface area (Å²) in [5.41, 5.74) is 0. The standard InChI is InChI=1S/C7H14O6/c1-3(9)5(11)7(13)6(12)4(10)2-8/h4-8,10-13H,2H2,1H3. The molecule has 0 bridgehead atoms. The number of rotatable bonds is 5. The highest BCUT2D eigenvalue weighted by atomic mass is 16.4. The van der Waals surface area contributed by atoms with Gasteiger partial charge in [-0.2, -0.15) is 0 Å². The van der Waals surface area contributed by atoms with Gasteiger partial charge in [-0.25, -0.2) is 0 Å². The van der Waals surface area contributed by atoms with Crippen LogP contribution in [0, 0.1) is 0 Å². The van der Waals surface area contributed by atoms with E-state index in [1.165, 1.54) is 0 Å². The molecule has 0 spiro atoms. The molecule has 6 nitrogen and oxygen atoms in total.